The molecule has 0 aromatic carbocycles. The molecule has 0 saturated heterocycles. The van der Waals surface area contributed by atoms with Crippen molar-refractivity contribution in [2.45, 2.75) is 36.8 Å². The van der Waals surface area contributed by atoms with Gasteiger partial charge in [0.15, 0.2) is 0 Å². The molecule has 0 nitrogen and oxygen atoms in total. The van der Waals surface area contributed by atoms with Gasteiger partial charge in [-0.3, -0.25) is 0 Å². The Morgan fingerprint density at radius 1 is 1.33 bits per heavy atom. The van der Waals surface area contributed by atoms with E-state index in [2.05, 4.69) is 25.3 Å². The maximum absolute atomic E-state index is 2.27. The van der Waals surface area contributed by atoms with Crippen molar-refractivity contribution in [3.63, 3.8) is 0 Å². The van der Waals surface area contributed by atoms with Gasteiger partial charge >= 0.3 is 0 Å². The summed E-state index contributed by atoms with van der Waals surface area (Å²) >= 11 is 3.79. The van der Waals surface area contributed by atoms with E-state index in [1.807, 2.05) is 23.1 Å². The molecule has 0 bridgehead atoms. The molecule has 1 aromatic heterocycles. The second-order valence-electron chi connectivity index (χ2n) is 2.88. The van der Waals surface area contributed by atoms with E-state index in [0.29, 0.717) is 0 Å². The SMILES string of the molecule is CCCCCc1ccc(SC)s1. The number of hydrogen-bond acceptors (Lipinski definition) is 2. The van der Waals surface area contributed by atoms with E-state index in [4.69, 9.17) is 0 Å². The highest BCUT2D eigenvalue weighted by Crippen LogP contribution is 2.26. The Labute approximate surface area is 83.4 Å². The van der Waals surface area contributed by atoms with Gasteiger partial charge in [0.1, 0.15) is 0 Å². The Hall–Kier alpha value is 0.0500. The van der Waals surface area contributed by atoms with Gasteiger partial charge in [-0.05, 0) is 31.2 Å². The van der Waals surface area contributed by atoms with Crippen LogP contribution in [-0.2, 0) is 6.42 Å². The monoisotopic (exact) mass is 200 g/mol. The van der Waals surface area contributed by atoms with Crippen molar-refractivity contribution in [3.8, 4) is 0 Å². The zero-order valence-corrected chi connectivity index (χ0v) is 9.43. The molecule has 0 atom stereocenters. The fourth-order valence-electron chi connectivity index (χ4n) is 1.15. The van der Waals surface area contributed by atoms with E-state index in [9.17, 15) is 0 Å². The average Bonchev–Trinajstić information content (AvgIpc) is 2.53. The molecule has 0 radical (unpaired) electrons. The van der Waals surface area contributed by atoms with Gasteiger partial charge in [0.2, 0.25) is 0 Å². The molecule has 0 unspecified atom stereocenters. The van der Waals surface area contributed by atoms with E-state index in [1.165, 1.54) is 29.9 Å². The van der Waals surface area contributed by atoms with Crippen molar-refractivity contribution in [1.29, 1.82) is 0 Å². The summed E-state index contributed by atoms with van der Waals surface area (Å²) in [6.45, 7) is 2.25. The number of hydrogen-bond donors (Lipinski definition) is 0. The molecular formula is C10H16S2. The predicted molar refractivity (Wildman–Crippen MR) is 59.3 cm³/mol. The van der Waals surface area contributed by atoms with Gasteiger partial charge in [0.25, 0.3) is 0 Å². The Morgan fingerprint density at radius 2 is 2.17 bits per heavy atom. The lowest BCUT2D eigenvalue weighted by Crippen LogP contribution is -1.78. The largest absolute Gasteiger partial charge is 0.134 e. The first kappa shape index (κ1) is 10.1. The molecule has 1 aromatic rings. The van der Waals surface area contributed by atoms with Crippen LogP contribution >= 0.6 is 23.1 Å². The third-order valence-corrected chi connectivity index (χ3v) is 4.09. The normalized spacial score (nSPS) is 10.5. The number of unbranched alkanes of at least 4 members (excludes halogenated alkanes) is 2. The summed E-state index contributed by atoms with van der Waals surface area (Å²) in [5.74, 6) is 0. The van der Waals surface area contributed by atoms with Crippen LogP contribution in [0, 0.1) is 0 Å². The van der Waals surface area contributed by atoms with Gasteiger partial charge in [0.05, 0.1) is 4.21 Å². The molecule has 0 N–H and O–H groups in total. The molecule has 0 amide bonds. The van der Waals surface area contributed by atoms with Gasteiger partial charge in [-0.25, -0.2) is 0 Å². The molecule has 0 fully saturated rings. The quantitative estimate of drug-likeness (QED) is 0.507. The van der Waals surface area contributed by atoms with Crippen molar-refractivity contribution in [2.24, 2.45) is 0 Å². The van der Waals surface area contributed by atoms with E-state index in [0.717, 1.165) is 0 Å². The maximum atomic E-state index is 2.27. The summed E-state index contributed by atoms with van der Waals surface area (Å²) in [6.07, 6.45) is 7.46. The second-order valence-corrected chi connectivity index (χ2v) is 5.16. The molecule has 0 spiro atoms. The number of rotatable bonds is 5. The minimum Gasteiger partial charge on any atom is -0.134 e. The zero-order valence-electron chi connectivity index (χ0n) is 7.80. The number of thioether (sulfide) groups is 1. The van der Waals surface area contributed by atoms with Gasteiger partial charge in [-0.1, -0.05) is 19.8 Å². The lowest BCUT2D eigenvalue weighted by molar-refractivity contribution is 0.722. The summed E-state index contributed by atoms with van der Waals surface area (Å²) in [5, 5.41) is 0. The summed E-state index contributed by atoms with van der Waals surface area (Å²) < 4.78 is 1.45. The highest BCUT2D eigenvalue weighted by molar-refractivity contribution is 8.00. The zero-order chi connectivity index (χ0) is 8.81. The fourth-order valence-corrected chi connectivity index (χ4v) is 2.79. The van der Waals surface area contributed by atoms with Crippen LogP contribution in [0.25, 0.3) is 0 Å². The van der Waals surface area contributed by atoms with Crippen LogP contribution in [0.4, 0.5) is 0 Å². The smallest absolute Gasteiger partial charge is 0.0598 e. The van der Waals surface area contributed by atoms with Crippen LogP contribution in [0.3, 0.4) is 0 Å². The minimum absolute atomic E-state index is 1.28. The summed E-state index contributed by atoms with van der Waals surface area (Å²) in [5.41, 5.74) is 0. The fraction of sp³-hybridized carbons (Fsp3) is 0.600. The van der Waals surface area contributed by atoms with Crippen molar-refractivity contribution in [3.05, 3.63) is 17.0 Å². The number of thiophene rings is 1. The molecular weight excluding hydrogens is 184 g/mol. The molecule has 12 heavy (non-hydrogen) atoms. The summed E-state index contributed by atoms with van der Waals surface area (Å²) in [6, 6.07) is 4.50. The van der Waals surface area contributed by atoms with Crippen molar-refractivity contribution in [2.75, 3.05) is 6.26 Å². The first-order valence-corrected chi connectivity index (χ1v) is 6.53. The van der Waals surface area contributed by atoms with E-state index < -0.39 is 0 Å². The number of aryl methyl sites for hydroxylation is 1. The van der Waals surface area contributed by atoms with Crippen LogP contribution in [0.1, 0.15) is 31.1 Å². The van der Waals surface area contributed by atoms with Gasteiger partial charge in [-0.2, -0.15) is 0 Å². The second kappa shape index (κ2) is 5.65. The molecule has 1 rings (SSSR count). The highest BCUT2D eigenvalue weighted by atomic mass is 32.2. The van der Waals surface area contributed by atoms with Crippen LogP contribution in [0.2, 0.25) is 0 Å². The van der Waals surface area contributed by atoms with Gasteiger partial charge < -0.3 is 0 Å². The van der Waals surface area contributed by atoms with E-state index in [1.54, 1.807) is 4.88 Å². The molecule has 1 heterocycles. The third-order valence-electron chi connectivity index (χ3n) is 1.86. The molecule has 2 heteroatoms. The van der Waals surface area contributed by atoms with Crippen molar-refractivity contribution >= 4 is 23.1 Å². The van der Waals surface area contributed by atoms with Crippen LogP contribution < -0.4 is 0 Å². The summed E-state index contributed by atoms with van der Waals surface area (Å²) in [7, 11) is 0. The third kappa shape index (κ3) is 3.20. The summed E-state index contributed by atoms with van der Waals surface area (Å²) in [4.78, 5) is 1.55. The van der Waals surface area contributed by atoms with Crippen LogP contribution in [0.5, 0.6) is 0 Å². The topological polar surface area (TPSA) is 0 Å². The average molecular weight is 200 g/mol. The minimum atomic E-state index is 1.28. The van der Waals surface area contributed by atoms with Crippen molar-refractivity contribution in [1.82, 2.24) is 0 Å². The molecule has 68 valence electrons. The predicted octanol–water partition coefficient (Wildman–Crippen LogP) is 4.20. The molecule has 0 aliphatic rings. The first-order valence-electron chi connectivity index (χ1n) is 4.49. The molecule has 0 aliphatic heterocycles. The van der Waals surface area contributed by atoms with Crippen LogP contribution in [0.15, 0.2) is 16.3 Å². The maximum Gasteiger partial charge on any atom is 0.0598 e. The lowest BCUT2D eigenvalue weighted by Gasteiger charge is -1.94. The molecule has 0 aliphatic carbocycles. The Kier molecular flexibility index (Phi) is 4.77. The van der Waals surface area contributed by atoms with Crippen molar-refractivity contribution < 1.29 is 0 Å². The Balaban J connectivity index is 2.31. The highest BCUT2D eigenvalue weighted by Gasteiger charge is 1.97. The molecule has 0 saturated carbocycles. The standard InChI is InChI=1S/C10H16S2/c1-3-4-5-6-9-7-8-10(11-2)12-9/h7-8H,3-6H2,1-2H3. The van der Waals surface area contributed by atoms with Gasteiger partial charge in [0, 0.05) is 4.88 Å². The first-order chi connectivity index (χ1) is 5.86. The van der Waals surface area contributed by atoms with Gasteiger partial charge in [-0.15, -0.1) is 23.1 Å². The van der Waals surface area contributed by atoms with E-state index >= 15 is 0 Å². The van der Waals surface area contributed by atoms with Crippen LogP contribution in [-0.4, -0.2) is 6.26 Å². The lowest BCUT2D eigenvalue weighted by atomic mass is 10.2. The Bertz CT molecular complexity index is 215. The van der Waals surface area contributed by atoms with E-state index in [-0.39, 0.29) is 0 Å². The Morgan fingerprint density at radius 3 is 2.75 bits per heavy atom.